The van der Waals surface area contributed by atoms with Gasteiger partial charge < -0.3 is 10.1 Å². The Morgan fingerprint density at radius 3 is 2.25 bits per heavy atom. The summed E-state index contributed by atoms with van der Waals surface area (Å²) in [4.78, 5) is 12.3. The number of halogens is 1. The standard InChI is InChI=1S/C20H16BrNO2/c21-19-9-5-4-8-18(19)20(23)22-16-10-12-17(13-11-16)24-14-15-6-2-1-3-7-15/h1-13H,14H2,(H,22,23). The van der Waals surface area contributed by atoms with Crippen molar-refractivity contribution in [2.45, 2.75) is 6.61 Å². The van der Waals surface area contributed by atoms with E-state index in [-0.39, 0.29) is 5.91 Å². The number of rotatable bonds is 5. The van der Waals surface area contributed by atoms with Gasteiger partial charge in [0.25, 0.3) is 5.91 Å². The largest absolute Gasteiger partial charge is 0.489 e. The van der Waals surface area contributed by atoms with Gasteiger partial charge in [-0.3, -0.25) is 4.79 Å². The van der Waals surface area contributed by atoms with Crippen LogP contribution in [0.1, 0.15) is 15.9 Å². The van der Waals surface area contributed by atoms with Gasteiger partial charge in [-0.1, -0.05) is 42.5 Å². The Hall–Kier alpha value is -2.59. The smallest absolute Gasteiger partial charge is 0.256 e. The molecule has 3 nitrogen and oxygen atoms in total. The molecule has 1 N–H and O–H groups in total. The number of nitrogens with one attached hydrogen (secondary N) is 1. The summed E-state index contributed by atoms with van der Waals surface area (Å²) in [6.07, 6.45) is 0. The molecule has 0 atom stereocenters. The molecule has 0 radical (unpaired) electrons. The number of carbonyl (C=O) groups is 1. The molecule has 0 aliphatic heterocycles. The van der Waals surface area contributed by atoms with E-state index < -0.39 is 0 Å². The summed E-state index contributed by atoms with van der Waals surface area (Å²) in [5, 5.41) is 2.88. The molecular weight excluding hydrogens is 366 g/mol. The minimum Gasteiger partial charge on any atom is -0.489 e. The average Bonchev–Trinajstić information content (AvgIpc) is 2.62. The number of hydrogen-bond donors (Lipinski definition) is 1. The molecule has 3 aromatic rings. The zero-order chi connectivity index (χ0) is 16.8. The van der Waals surface area contributed by atoms with Crippen molar-refractivity contribution in [1.29, 1.82) is 0 Å². The molecule has 3 rings (SSSR count). The Kier molecular flexibility index (Phi) is 5.29. The molecule has 0 saturated carbocycles. The van der Waals surface area contributed by atoms with Gasteiger partial charge >= 0.3 is 0 Å². The fourth-order valence-electron chi connectivity index (χ4n) is 2.22. The summed E-state index contributed by atoms with van der Waals surface area (Å²) >= 11 is 3.38. The maximum Gasteiger partial charge on any atom is 0.256 e. The SMILES string of the molecule is O=C(Nc1ccc(OCc2ccccc2)cc1)c1ccccc1Br. The lowest BCUT2D eigenvalue weighted by Gasteiger charge is -2.09. The third-order valence-electron chi connectivity index (χ3n) is 3.48. The molecule has 4 heteroatoms. The van der Waals surface area contributed by atoms with Crippen molar-refractivity contribution in [3.63, 3.8) is 0 Å². The first-order valence-electron chi connectivity index (χ1n) is 7.55. The lowest BCUT2D eigenvalue weighted by Crippen LogP contribution is -2.12. The van der Waals surface area contributed by atoms with Gasteiger partial charge in [-0.2, -0.15) is 0 Å². The third kappa shape index (κ3) is 4.24. The Labute approximate surface area is 149 Å². The van der Waals surface area contributed by atoms with Gasteiger partial charge in [0, 0.05) is 10.2 Å². The molecule has 0 spiro atoms. The fraction of sp³-hybridized carbons (Fsp3) is 0.0500. The van der Waals surface area contributed by atoms with Crippen LogP contribution in [0.15, 0.2) is 83.3 Å². The zero-order valence-electron chi connectivity index (χ0n) is 12.9. The predicted molar refractivity (Wildman–Crippen MR) is 99.3 cm³/mol. The zero-order valence-corrected chi connectivity index (χ0v) is 14.5. The van der Waals surface area contributed by atoms with Gasteiger partial charge in [-0.25, -0.2) is 0 Å². The minimum absolute atomic E-state index is 0.152. The van der Waals surface area contributed by atoms with Crippen LogP contribution < -0.4 is 10.1 Å². The van der Waals surface area contributed by atoms with Crippen molar-refractivity contribution in [2.75, 3.05) is 5.32 Å². The second-order valence-corrected chi connectivity index (χ2v) is 6.09. The number of anilines is 1. The van der Waals surface area contributed by atoms with Crippen LogP contribution in [0.4, 0.5) is 5.69 Å². The lowest BCUT2D eigenvalue weighted by atomic mass is 10.2. The van der Waals surface area contributed by atoms with Crippen LogP contribution in [-0.4, -0.2) is 5.91 Å². The Morgan fingerprint density at radius 1 is 0.875 bits per heavy atom. The van der Waals surface area contributed by atoms with Gasteiger partial charge in [-0.15, -0.1) is 0 Å². The molecule has 120 valence electrons. The second-order valence-electron chi connectivity index (χ2n) is 5.23. The Bertz CT molecular complexity index is 817. The summed E-state index contributed by atoms with van der Waals surface area (Å²) in [7, 11) is 0. The maximum atomic E-state index is 12.3. The van der Waals surface area contributed by atoms with Crippen LogP contribution in [0.25, 0.3) is 0 Å². The van der Waals surface area contributed by atoms with Crippen LogP contribution in [0.2, 0.25) is 0 Å². The van der Waals surface area contributed by atoms with Crippen LogP contribution >= 0.6 is 15.9 Å². The highest BCUT2D eigenvalue weighted by molar-refractivity contribution is 9.10. The van der Waals surface area contributed by atoms with Crippen molar-refractivity contribution in [3.8, 4) is 5.75 Å². The summed E-state index contributed by atoms with van der Waals surface area (Å²) in [5.41, 5.74) is 2.44. The van der Waals surface area contributed by atoms with E-state index in [1.165, 1.54) is 0 Å². The molecule has 0 aliphatic carbocycles. The molecule has 0 aliphatic rings. The number of amides is 1. The minimum atomic E-state index is -0.152. The van der Waals surface area contributed by atoms with E-state index in [1.807, 2.05) is 72.8 Å². The Balaban J connectivity index is 1.60. The number of carbonyl (C=O) groups excluding carboxylic acids is 1. The number of benzene rings is 3. The number of hydrogen-bond acceptors (Lipinski definition) is 2. The molecule has 0 bridgehead atoms. The second kappa shape index (κ2) is 7.79. The summed E-state index contributed by atoms with van der Waals surface area (Å²) < 4.78 is 6.50. The molecule has 3 aromatic carbocycles. The van der Waals surface area contributed by atoms with Crippen LogP contribution in [0.5, 0.6) is 5.75 Å². The van der Waals surface area contributed by atoms with Gasteiger partial charge in [-0.05, 0) is 57.9 Å². The molecule has 0 unspecified atom stereocenters. The van der Waals surface area contributed by atoms with Gasteiger partial charge in [0.05, 0.1) is 5.56 Å². The van der Waals surface area contributed by atoms with Crippen molar-refractivity contribution in [1.82, 2.24) is 0 Å². The molecule has 0 heterocycles. The van der Waals surface area contributed by atoms with E-state index in [2.05, 4.69) is 21.2 Å². The van der Waals surface area contributed by atoms with E-state index in [0.717, 1.165) is 21.5 Å². The van der Waals surface area contributed by atoms with Crippen LogP contribution in [0, 0.1) is 0 Å². The van der Waals surface area contributed by atoms with Crippen molar-refractivity contribution in [3.05, 3.63) is 94.5 Å². The lowest BCUT2D eigenvalue weighted by molar-refractivity contribution is 0.102. The van der Waals surface area contributed by atoms with E-state index in [0.29, 0.717) is 12.2 Å². The highest BCUT2D eigenvalue weighted by Gasteiger charge is 2.09. The molecule has 0 saturated heterocycles. The molecular formula is C20H16BrNO2. The normalized spacial score (nSPS) is 10.2. The maximum absolute atomic E-state index is 12.3. The highest BCUT2D eigenvalue weighted by atomic mass is 79.9. The van der Waals surface area contributed by atoms with Gasteiger partial charge in [0.1, 0.15) is 12.4 Å². The van der Waals surface area contributed by atoms with E-state index in [4.69, 9.17) is 4.74 Å². The van der Waals surface area contributed by atoms with E-state index >= 15 is 0 Å². The summed E-state index contributed by atoms with van der Waals surface area (Å²) in [5.74, 6) is 0.609. The predicted octanol–water partition coefficient (Wildman–Crippen LogP) is 5.28. The Morgan fingerprint density at radius 2 is 1.54 bits per heavy atom. The molecule has 0 fully saturated rings. The molecule has 0 aromatic heterocycles. The van der Waals surface area contributed by atoms with E-state index in [9.17, 15) is 4.79 Å². The summed E-state index contributed by atoms with van der Waals surface area (Å²) in [6, 6.07) is 24.7. The molecule has 24 heavy (non-hydrogen) atoms. The molecule has 1 amide bonds. The highest BCUT2D eigenvalue weighted by Crippen LogP contribution is 2.20. The first kappa shape index (κ1) is 16.3. The topological polar surface area (TPSA) is 38.3 Å². The van der Waals surface area contributed by atoms with E-state index in [1.54, 1.807) is 6.07 Å². The fourth-order valence-corrected chi connectivity index (χ4v) is 2.68. The first-order chi connectivity index (χ1) is 11.7. The van der Waals surface area contributed by atoms with Crippen LogP contribution in [0.3, 0.4) is 0 Å². The van der Waals surface area contributed by atoms with Crippen molar-refractivity contribution >= 4 is 27.5 Å². The van der Waals surface area contributed by atoms with Gasteiger partial charge in [0.2, 0.25) is 0 Å². The van der Waals surface area contributed by atoms with Crippen LogP contribution in [-0.2, 0) is 6.61 Å². The number of ether oxygens (including phenoxy) is 1. The third-order valence-corrected chi connectivity index (χ3v) is 4.17. The van der Waals surface area contributed by atoms with Gasteiger partial charge in [0.15, 0.2) is 0 Å². The summed E-state index contributed by atoms with van der Waals surface area (Å²) in [6.45, 7) is 0.517. The average molecular weight is 382 g/mol. The van der Waals surface area contributed by atoms with Crippen molar-refractivity contribution in [2.24, 2.45) is 0 Å². The monoisotopic (exact) mass is 381 g/mol. The first-order valence-corrected chi connectivity index (χ1v) is 8.34. The quantitative estimate of drug-likeness (QED) is 0.652. The van der Waals surface area contributed by atoms with Crippen molar-refractivity contribution < 1.29 is 9.53 Å².